The quantitative estimate of drug-likeness (QED) is 0.339. The minimum atomic E-state index is -1.51. The summed E-state index contributed by atoms with van der Waals surface area (Å²) < 4.78 is 16.1. The first-order valence-electron chi connectivity index (χ1n) is 8.84. The maximum absolute atomic E-state index is 11.8. The third-order valence-corrected chi connectivity index (χ3v) is 4.68. The monoisotopic (exact) mass is 379 g/mol. The molecule has 10 heteroatoms. The first-order chi connectivity index (χ1) is 12.3. The number of carbonyl (C=O) groups is 1. The Morgan fingerprint density at radius 2 is 1.73 bits per heavy atom. The highest BCUT2D eigenvalue weighted by Gasteiger charge is 2.46. The lowest BCUT2D eigenvalue weighted by Gasteiger charge is -2.44. The van der Waals surface area contributed by atoms with Gasteiger partial charge < -0.3 is 44.6 Å². The van der Waals surface area contributed by atoms with Crippen LogP contribution in [-0.2, 0) is 19.0 Å². The van der Waals surface area contributed by atoms with E-state index in [0.717, 1.165) is 12.8 Å². The molecule has 0 aliphatic carbocycles. The molecule has 0 aromatic heterocycles. The molecule has 2 aliphatic heterocycles. The zero-order chi connectivity index (χ0) is 19.4. The highest BCUT2D eigenvalue weighted by Crippen LogP contribution is 2.25. The van der Waals surface area contributed by atoms with Gasteiger partial charge in [0.1, 0.15) is 36.6 Å². The number of hydrogen-bond acceptors (Lipinski definition) is 9. The number of amides is 1. The molecule has 5 N–H and O–H groups in total. The molecule has 2 aliphatic rings. The topological polar surface area (TPSA) is 149 Å². The summed E-state index contributed by atoms with van der Waals surface area (Å²) >= 11 is 0. The van der Waals surface area contributed by atoms with Crippen molar-refractivity contribution >= 4 is 5.91 Å². The number of nitrogens with zero attached hydrogens (tertiary/aromatic N) is 1. The van der Waals surface area contributed by atoms with Crippen LogP contribution < -0.4 is 0 Å². The van der Waals surface area contributed by atoms with E-state index in [9.17, 15) is 30.3 Å². The Bertz CT molecular complexity index is 465. The van der Waals surface area contributed by atoms with Crippen molar-refractivity contribution in [3.8, 4) is 0 Å². The lowest BCUT2D eigenvalue weighted by Crippen LogP contribution is -2.62. The molecule has 0 aromatic rings. The van der Waals surface area contributed by atoms with E-state index >= 15 is 0 Å². The van der Waals surface area contributed by atoms with Gasteiger partial charge in [-0.1, -0.05) is 13.3 Å². The fourth-order valence-corrected chi connectivity index (χ4v) is 3.04. The number of unbranched alkanes of at least 4 members (excludes halogenated alkanes) is 1. The fraction of sp³-hybridized carbons (Fsp3) is 0.938. The van der Waals surface area contributed by atoms with Crippen LogP contribution in [0.4, 0.5) is 0 Å². The van der Waals surface area contributed by atoms with Crippen molar-refractivity contribution in [2.24, 2.45) is 0 Å². The van der Waals surface area contributed by atoms with E-state index in [1.807, 2.05) is 6.92 Å². The van der Waals surface area contributed by atoms with Crippen molar-refractivity contribution in [3.05, 3.63) is 0 Å². The average molecular weight is 379 g/mol. The van der Waals surface area contributed by atoms with E-state index in [1.165, 1.54) is 11.8 Å². The molecule has 1 amide bonds. The Kier molecular flexibility index (Phi) is 7.74. The highest BCUT2D eigenvalue weighted by molar-refractivity contribution is 5.73. The molecule has 8 atom stereocenters. The van der Waals surface area contributed by atoms with Crippen LogP contribution >= 0.6 is 0 Å². The smallest absolute Gasteiger partial charge is 0.221 e. The fourth-order valence-electron chi connectivity index (χ4n) is 3.04. The molecule has 0 saturated carbocycles. The summed E-state index contributed by atoms with van der Waals surface area (Å²) in [5.41, 5.74) is 0. The van der Waals surface area contributed by atoms with Crippen LogP contribution in [0.1, 0.15) is 26.7 Å². The second-order valence-corrected chi connectivity index (χ2v) is 6.70. The molecule has 8 unspecified atom stereocenters. The van der Waals surface area contributed by atoms with Gasteiger partial charge in [0, 0.05) is 13.5 Å². The minimum Gasteiger partial charge on any atom is -0.388 e. The summed E-state index contributed by atoms with van der Waals surface area (Å²) in [6, 6.07) is 0. The molecular formula is C16H29NO9. The molecule has 0 aromatic carbocycles. The highest BCUT2D eigenvalue weighted by atomic mass is 16.7. The molecule has 2 saturated heterocycles. The SMILES string of the molecule is CCCCN(C(C)=O)C1OCC(OC2OCC(O)C(O)C2O)C(O)C1O. The minimum absolute atomic E-state index is 0.149. The number of ether oxygens (including phenoxy) is 3. The van der Waals surface area contributed by atoms with Crippen LogP contribution in [0.2, 0.25) is 0 Å². The number of rotatable bonds is 6. The predicted molar refractivity (Wildman–Crippen MR) is 86.7 cm³/mol. The molecule has 0 radical (unpaired) electrons. The summed E-state index contributed by atoms with van der Waals surface area (Å²) in [7, 11) is 0. The lowest BCUT2D eigenvalue weighted by atomic mass is 10.0. The van der Waals surface area contributed by atoms with Gasteiger partial charge in [-0.15, -0.1) is 0 Å². The number of aliphatic hydroxyl groups excluding tert-OH is 5. The van der Waals surface area contributed by atoms with Crippen LogP contribution in [0, 0.1) is 0 Å². The summed E-state index contributed by atoms with van der Waals surface area (Å²) in [6.07, 6.45) is -8.75. The number of carbonyl (C=O) groups excluding carboxylic acids is 1. The van der Waals surface area contributed by atoms with E-state index in [-0.39, 0.29) is 19.1 Å². The Labute approximate surface area is 151 Å². The van der Waals surface area contributed by atoms with Crippen molar-refractivity contribution < 1.29 is 44.5 Å². The Morgan fingerprint density at radius 3 is 2.35 bits per heavy atom. The van der Waals surface area contributed by atoms with E-state index in [0.29, 0.717) is 6.54 Å². The van der Waals surface area contributed by atoms with Crippen LogP contribution in [0.25, 0.3) is 0 Å². The molecule has 2 heterocycles. The summed E-state index contributed by atoms with van der Waals surface area (Å²) in [4.78, 5) is 13.2. The summed E-state index contributed by atoms with van der Waals surface area (Å²) in [5, 5.41) is 49.8. The van der Waals surface area contributed by atoms with Crippen LogP contribution in [-0.4, -0.2) is 105 Å². The van der Waals surface area contributed by atoms with Gasteiger partial charge in [-0.3, -0.25) is 4.79 Å². The van der Waals surface area contributed by atoms with Crippen molar-refractivity contribution in [3.63, 3.8) is 0 Å². The second-order valence-electron chi connectivity index (χ2n) is 6.70. The normalized spacial score (nSPS) is 41.0. The molecule has 2 fully saturated rings. The van der Waals surface area contributed by atoms with Gasteiger partial charge in [-0.25, -0.2) is 0 Å². The van der Waals surface area contributed by atoms with Crippen LogP contribution in [0.5, 0.6) is 0 Å². The molecule has 2 rings (SSSR count). The predicted octanol–water partition coefficient (Wildman–Crippen LogP) is -2.46. The average Bonchev–Trinajstić information content (AvgIpc) is 2.60. The van der Waals surface area contributed by atoms with Crippen LogP contribution in [0.3, 0.4) is 0 Å². The molecule has 10 nitrogen and oxygen atoms in total. The van der Waals surface area contributed by atoms with Gasteiger partial charge in [0.2, 0.25) is 5.91 Å². The zero-order valence-corrected chi connectivity index (χ0v) is 15.0. The van der Waals surface area contributed by atoms with Gasteiger partial charge in [0.25, 0.3) is 0 Å². The molecule has 152 valence electrons. The van der Waals surface area contributed by atoms with Gasteiger partial charge in [-0.05, 0) is 6.42 Å². The van der Waals surface area contributed by atoms with E-state index < -0.39 is 49.1 Å². The summed E-state index contributed by atoms with van der Waals surface area (Å²) in [5.74, 6) is -0.280. The molecule has 0 bridgehead atoms. The van der Waals surface area contributed by atoms with E-state index in [1.54, 1.807) is 0 Å². The third kappa shape index (κ3) is 4.70. The maximum atomic E-state index is 11.8. The van der Waals surface area contributed by atoms with Crippen molar-refractivity contribution in [1.29, 1.82) is 0 Å². The number of aliphatic hydroxyl groups is 5. The van der Waals surface area contributed by atoms with Crippen molar-refractivity contribution in [1.82, 2.24) is 4.90 Å². The first kappa shape index (κ1) is 21.5. The van der Waals surface area contributed by atoms with Gasteiger partial charge >= 0.3 is 0 Å². The Hall–Kier alpha value is -0.850. The van der Waals surface area contributed by atoms with E-state index in [4.69, 9.17) is 14.2 Å². The van der Waals surface area contributed by atoms with Gasteiger partial charge in [0.05, 0.1) is 13.2 Å². The second kappa shape index (κ2) is 9.38. The molecule has 26 heavy (non-hydrogen) atoms. The maximum Gasteiger partial charge on any atom is 0.221 e. The standard InChI is InChI=1S/C16H29NO9/c1-3-4-5-17(8(2)18)15-13(22)12(21)10(7-24-15)26-16-14(23)11(20)9(19)6-25-16/h9-16,19-23H,3-7H2,1-2H3. The van der Waals surface area contributed by atoms with Crippen molar-refractivity contribution in [2.75, 3.05) is 19.8 Å². The third-order valence-electron chi connectivity index (χ3n) is 4.68. The lowest BCUT2D eigenvalue weighted by molar-refractivity contribution is -0.316. The zero-order valence-electron chi connectivity index (χ0n) is 15.0. The van der Waals surface area contributed by atoms with Crippen molar-refractivity contribution in [2.45, 2.75) is 75.8 Å². The van der Waals surface area contributed by atoms with Gasteiger partial charge in [-0.2, -0.15) is 0 Å². The Balaban J connectivity index is 1.98. The van der Waals surface area contributed by atoms with E-state index in [2.05, 4.69) is 0 Å². The van der Waals surface area contributed by atoms with Gasteiger partial charge in [0.15, 0.2) is 12.5 Å². The molecular weight excluding hydrogens is 350 g/mol. The largest absolute Gasteiger partial charge is 0.388 e. The number of hydrogen-bond donors (Lipinski definition) is 5. The summed E-state index contributed by atoms with van der Waals surface area (Å²) in [6.45, 7) is 3.33. The molecule has 0 spiro atoms. The van der Waals surface area contributed by atoms with Crippen LogP contribution in [0.15, 0.2) is 0 Å². The Morgan fingerprint density at radius 1 is 1.04 bits per heavy atom. The first-order valence-corrected chi connectivity index (χ1v) is 8.84.